The normalized spacial score (nSPS) is 10.3. The largest absolute Gasteiger partial charge is 0.453 e. The molecule has 27 heavy (non-hydrogen) atoms. The van der Waals surface area contributed by atoms with E-state index in [1.54, 1.807) is 24.7 Å². The van der Waals surface area contributed by atoms with Crippen molar-refractivity contribution in [2.24, 2.45) is 0 Å². The number of aromatic nitrogens is 4. The molecule has 0 bridgehead atoms. The van der Waals surface area contributed by atoms with Gasteiger partial charge < -0.3 is 20.4 Å². The average Bonchev–Trinajstić information content (AvgIpc) is 3.19. The van der Waals surface area contributed by atoms with E-state index in [0.29, 0.717) is 11.6 Å². The van der Waals surface area contributed by atoms with Crippen molar-refractivity contribution in [2.45, 2.75) is 6.42 Å². The molecule has 2 heterocycles. The highest BCUT2D eigenvalue weighted by Crippen LogP contribution is 2.17. The van der Waals surface area contributed by atoms with Crippen LogP contribution in [0.15, 0.2) is 43.0 Å². The first-order chi connectivity index (χ1) is 13.1. The summed E-state index contributed by atoms with van der Waals surface area (Å²) >= 11 is 0. The number of nitrogens with zero attached hydrogens (tertiary/aromatic N) is 3. The third-order valence-corrected chi connectivity index (χ3v) is 3.77. The van der Waals surface area contributed by atoms with Crippen LogP contribution in [-0.4, -0.2) is 47.5 Å². The minimum Gasteiger partial charge on any atom is -0.453 e. The van der Waals surface area contributed by atoms with Crippen LogP contribution in [0.4, 0.5) is 27.9 Å². The van der Waals surface area contributed by atoms with Crippen molar-refractivity contribution in [1.29, 1.82) is 0 Å². The Balaban J connectivity index is 1.60. The zero-order chi connectivity index (χ0) is 19.1. The summed E-state index contributed by atoms with van der Waals surface area (Å²) in [6.45, 7) is 0.718. The number of carbonyl (C=O) groups excluding carboxylic acids is 1. The second kappa shape index (κ2) is 8.70. The van der Waals surface area contributed by atoms with Crippen LogP contribution in [0.25, 0.3) is 0 Å². The Labute approximate surface area is 157 Å². The summed E-state index contributed by atoms with van der Waals surface area (Å²) in [7, 11) is 3.27. The maximum Gasteiger partial charge on any atom is 0.411 e. The summed E-state index contributed by atoms with van der Waals surface area (Å²) in [5.74, 6) is 1.25. The van der Waals surface area contributed by atoms with Crippen molar-refractivity contribution in [1.82, 2.24) is 19.9 Å². The number of nitrogens with one attached hydrogen (secondary N) is 4. The van der Waals surface area contributed by atoms with Gasteiger partial charge in [0.2, 0.25) is 5.95 Å². The number of anilines is 4. The smallest absolute Gasteiger partial charge is 0.411 e. The van der Waals surface area contributed by atoms with Crippen LogP contribution in [0.1, 0.15) is 5.69 Å². The molecular formula is C17H20BN7O2. The topological polar surface area (TPSA) is 117 Å². The van der Waals surface area contributed by atoms with Gasteiger partial charge in [-0.1, -0.05) is 0 Å². The fraction of sp³-hybridized carbons (Fsp3) is 0.176. The molecule has 0 fully saturated rings. The predicted molar refractivity (Wildman–Crippen MR) is 107 cm³/mol. The number of H-pyrrole nitrogens is 1. The molecule has 0 aliphatic rings. The summed E-state index contributed by atoms with van der Waals surface area (Å²) in [6, 6.07) is 7.16. The molecule has 0 aliphatic heterocycles. The summed E-state index contributed by atoms with van der Waals surface area (Å²) in [6.07, 6.45) is 5.59. The first kappa shape index (κ1) is 18.2. The predicted octanol–water partition coefficient (Wildman–Crippen LogP) is 1.03. The Morgan fingerprint density at radius 3 is 2.70 bits per heavy atom. The van der Waals surface area contributed by atoms with E-state index in [-0.39, 0.29) is 0 Å². The summed E-state index contributed by atoms with van der Waals surface area (Å²) in [5.41, 5.74) is 3.39. The fourth-order valence-electron chi connectivity index (χ4n) is 2.35. The second-order valence-electron chi connectivity index (χ2n) is 5.78. The average molecular weight is 365 g/mol. The summed E-state index contributed by atoms with van der Waals surface area (Å²) < 4.78 is 4.56. The first-order valence-electron chi connectivity index (χ1n) is 8.41. The minimum atomic E-state index is -0.511. The molecule has 0 unspecified atom stereocenters. The van der Waals surface area contributed by atoms with Crippen molar-refractivity contribution in [2.75, 3.05) is 29.6 Å². The Bertz CT molecular complexity index is 885. The monoisotopic (exact) mass is 365 g/mol. The number of hydrogen-bond donors (Lipinski definition) is 4. The number of methoxy groups -OCH3 is 1. The zero-order valence-corrected chi connectivity index (χ0v) is 15.1. The van der Waals surface area contributed by atoms with Crippen LogP contribution in [0.2, 0.25) is 0 Å². The van der Waals surface area contributed by atoms with Gasteiger partial charge >= 0.3 is 6.09 Å². The van der Waals surface area contributed by atoms with Crippen molar-refractivity contribution >= 4 is 42.5 Å². The Hall–Kier alpha value is -3.56. The van der Waals surface area contributed by atoms with Crippen molar-refractivity contribution in [3.63, 3.8) is 0 Å². The molecule has 9 nitrogen and oxygen atoms in total. The molecule has 138 valence electrons. The van der Waals surface area contributed by atoms with E-state index in [1.807, 2.05) is 26.2 Å². The lowest BCUT2D eigenvalue weighted by molar-refractivity contribution is 0.187. The Morgan fingerprint density at radius 2 is 2.00 bits per heavy atom. The molecule has 10 heteroatoms. The molecule has 3 rings (SSSR count). The maximum atomic E-state index is 11.2. The molecule has 3 aromatic rings. The van der Waals surface area contributed by atoms with E-state index in [4.69, 9.17) is 0 Å². The van der Waals surface area contributed by atoms with Gasteiger partial charge in [-0.25, -0.2) is 14.8 Å². The molecule has 1 amide bonds. The van der Waals surface area contributed by atoms with Gasteiger partial charge in [0.25, 0.3) is 0 Å². The summed E-state index contributed by atoms with van der Waals surface area (Å²) in [4.78, 5) is 27.2. The fourth-order valence-corrected chi connectivity index (χ4v) is 2.35. The molecular weight excluding hydrogens is 345 g/mol. The van der Waals surface area contributed by atoms with Gasteiger partial charge in [-0.2, -0.15) is 4.98 Å². The molecule has 4 N–H and O–H groups in total. The molecule has 1 aromatic carbocycles. The molecule has 0 spiro atoms. The van der Waals surface area contributed by atoms with Gasteiger partial charge in [-0.15, -0.1) is 0 Å². The second-order valence-corrected chi connectivity index (χ2v) is 5.78. The Kier molecular flexibility index (Phi) is 5.88. The third-order valence-electron chi connectivity index (χ3n) is 3.77. The minimum absolute atomic E-state index is 0.483. The van der Waals surface area contributed by atoms with Crippen molar-refractivity contribution in [3.05, 3.63) is 48.7 Å². The van der Waals surface area contributed by atoms with Crippen LogP contribution in [0.3, 0.4) is 0 Å². The number of amides is 1. The first-order valence-corrected chi connectivity index (χ1v) is 8.41. The van der Waals surface area contributed by atoms with Gasteiger partial charge in [0.15, 0.2) is 0 Å². The van der Waals surface area contributed by atoms with E-state index in [0.717, 1.165) is 35.6 Å². The lowest BCUT2D eigenvalue weighted by Gasteiger charge is -2.11. The van der Waals surface area contributed by atoms with Gasteiger partial charge in [-0.3, -0.25) is 5.32 Å². The Morgan fingerprint density at radius 1 is 1.22 bits per heavy atom. The zero-order valence-electron chi connectivity index (χ0n) is 15.1. The number of hydrogen-bond acceptors (Lipinski definition) is 7. The molecule has 0 saturated heterocycles. The number of aromatic amines is 1. The van der Waals surface area contributed by atoms with E-state index in [2.05, 4.69) is 40.6 Å². The highest BCUT2D eigenvalue weighted by Gasteiger charge is 2.05. The lowest BCUT2D eigenvalue weighted by Crippen LogP contribution is -2.18. The van der Waals surface area contributed by atoms with Crippen LogP contribution in [0, 0.1) is 0 Å². The quantitative estimate of drug-likeness (QED) is 0.462. The third kappa shape index (κ3) is 5.21. The highest BCUT2D eigenvalue weighted by molar-refractivity contribution is 6.35. The highest BCUT2D eigenvalue weighted by atomic mass is 16.5. The van der Waals surface area contributed by atoms with Crippen molar-refractivity contribution in [3.8, 4) is 0 Å². The molecule has 0 atom stereocenters. The van der Waals surface area contributed by atoms with Gasteiger partial charge in [0, 0.05) is 36.7 Å². The van der Waals surface area contributed by atoms with E-state index < -0.39 is 6.09 Å². The number of ether oxygens (including phenoxy) is 1. The number of benzene rings is 1. The molecule has 2 aromatic heterocycles. The van der Waals surface area contributed by atoms with Gasteiger partial charge in [-0.05, 0) is 29.7 Å². The molecule has 0 aliphatic carbocycles. The van der Waals surface area contributed by atoms with E-state index >= 15 is 0 Å². The van der Waals surface area contributed by atoms with Gasteiger partial charge in [0.1, 0.15) is 13.7 Å². The number of carbonyl (C=O) groups is 1. The van der Waals surface area contributed by atoms with Crippen LogP contribution < -0.4 is 21.4 Å². The van der Waals surface area contributed by atoms with Crippen molar-refractivity contribution < 1.29 is 9.53 Å². The SMILES string of the molecule is Bc1cnc(Nc2ccc(NC(=O)OC)cc2)nc1NCCc1c[nH]cn1. The lowest BCUT2D eigenvalue weighted by atomic mass is 9.99. The van der Waals surface area contributed by atoms with Crippen LogP contribution >= 0.6 is 0 Å². The number of rotatable bonds is 7. The van der Waals surface area contributed by atoms with Crippen LogP contribution in [0.5, 0.6) is 0 Å². The number of imidazole rings is 1. The van der Waals surface area contributed by atoms with E-state index in [1.165, 1.54) is 7.11 Å². The van der Waals surface area contributed by atoms with Gasteiger partial charge in [0.05, 0.1) is 19.1 Å². The molecule has 0 saturated carbocycles. The maximum absolute atomic E-state index is 11.2. The standard InChI is InChI=1S/C17H20BN7O2/c1-27-17(26)24-12-4-2-11(3-5-12)23-16-21-9-14(18)15(25-16)20-7-6-13-8-19-10-22-13/h2-5,8-10H,6-7,18H2,1H3,(H,19,22)(H,24,26)(H2,20,21,23,25). The summed E-state index contributed by atoms with van der Waals surface area (Å²) in [5, 5.41) is 9.05. The van der Waals surface area contributed by atoms with Crippen LogP contribution in [-0.2, 0) is 11.2 Å². The van der Waals surface area contributed by atoms with E-state index in [9.17, 15) is 4.79 Å². The molecule has 0 radical (unpaired) electrons.